The summed E-state index contributed by atoms with van der Waals surface area (Å²) in [5.41, 5.74) is 7.84. The van der Waals surface area contributed by atoms with Crippen LogP contribution in [0.5, 0.6) is 0 Å². The maximum absolute atomic E-state index is 5.36. The van der Waals surface area contributed by atoms with Crippen LogP contribution in [0.2, 0.25) is 0 Å². The Morgan fingerprint density at radius 1 is 1.50 bits per heavy atom. The molecule has 0 unspecified atom stereocenters. The molecule has 1 aromatic carbocycles. The quantitative estimate of drug-likeness (QED) is 0.824. The van der Waals surface area contributed by atoms with Crippen LogP contribution in [0.1, 0.15) is 11.1 Å². The molecule has 1 aromatic rings. The SMILES string of the molecule is Cc1cc(Br)ccc1/C=C/CN. The van der Waals surface area contributed by atoms with Gasteiger partial charge >= 0.3 is 0 Å². The van der Waals surface area contributed by atoms with E-state index >= 15 is 0 Å². The van der Waals surface area contributed by atoms with Crippen molar-refractivity contribution in [2.45, 2.75) is 6.92 Å². The normalized spacial score (nSPS) is 10.9. The molecule has 0 aliphatic carbocycles. The van der Waals surface area contributed by atoms with E-state index < -0.39 is 0 Å². The molecule has 0 radical (unpaired) electrons. The molecule has 0 saturated carbocycles. The molecular formula is C10H12BrN. The second-order valence-corrected chi connectivity index (χ2v) is 3.55. The highest BCUT2D eigenvalue weighted by Crippen LogP contribution is 2.16. The van der Waals surface area contributed by atoms with E-state index in [4.69, 9.17) is 5.73 Å². The zero-order valence-corrected chi connectivity index (χ0v) is 8.64. The Hall–Kier alpha value is -0.600. The third-order valence-corrected chi connectivity index (χ3v) is 2.16. The second kappa shape index (κ2) is 4.43. The van der Waals surface area contributed by atoms with Crippen molar-refractivity contribution in [1.29, 1.82) is 0 Å². The summed E-state index contributed by atoms with van der Waals surface area (Å²) in [6.07, 6.45) is 4.00. The number of nitrogens with two attached hydrogens (primary N) is 1. The molecule has 0 spiro atoms. The van der Waals surface area contributed by atoms with Crippen molar-refractivity contribution < 1.29 is 0 Å². The van der Waals surface area contributed by atoms with Gasteiger partial charge in [0.1, 0.15) is 0 Å². The van der Waals surface area contributed by atoms with Crippen LogP contribution >= 0.6 is 15.9 Å². The molecule has 2 N–H and O–H groups in total. The molecule has 12 heavy (non-hydrogen) atoms. The van der Waals surface area contributed by atoms with Gasteiger partial charge in [0.05, 0.1) is 0 Å². The van der Waals surface area contributed by atoms with Crippen molar-refractivity contribution in [3.05, 3.63) is 39.9 Å². The van der Waals surface area contributed by atoms with Gasteiger partial charge in [-0.1, -0.05) is 34.1 Å². The number of rotatable bonds is 2. The molecule has 0 fully saturated rings. The number of benzene rings is 1. The zero-order chi connectivity index (χ0) is 8.97. The first kappa shape index (κ1) is 9.49. The lowest BCUT2D eigenvalue weighted by Crippen LogP contribution is -1.92. The highest BCUT2D eigenvalue weighted by Gasteiger charge is 1.93. The Morgan fingerprint density at radius 2 is 2.25 bits per heavy atom. The Bertz CT molecular complexity index is 292. The summed E-state index contributed by atoms with van der Waals surface area (Å²) < 4.78 is 1.12. The summed E-state index contributed by atoms with van der Waals surface area (Å²) in [6.45, 7) is 2.68. The standard InChI is InChI=1S/C10H12BrN/c1-8-7-10(11)5-4-9(8)3-2-6-12/h2-5,7H,6,12H2,1H3/b3-2+. The van der Waals surface area contributed by atoms with Crippen LogP contribution in [-0.2, 0) is 0 Å². The second-order valence-electron chi connectivity index (χ2n) is 2.64. The number of hydrogen-bond donors (Lipinski definition) is 1. The fourth-order valence-electron chi connectivity index (χ4n) is 1.02. The van der Waals surface area contributed by atoms with E-state index in [0.717, 1.165) is 4.47 Å². The van der Waals surface area contributed by atoms with Crippen LogP contribution in [-0.4, -0.2) is 6.54 Å². The van der Waals surface area contributed by atoms with Gasteiger partial charge in [-0.05, 0) is 30.2 Å². The Morgan fingerprint density at radius 3 is 2.83 bits per heavy atom. The molecule has 0 saturated heterocycles. The third kappa shape index (κ3) is 2.47. The van der Waals surface area contributed by atoms with Gasteiger partial charge in [-0.15, -0.1) is 0 Å². The maximum Gasteiger partial charge on any atom is 0.0178 e. The van der Waals surface area contributed by atoms with E-state index in [1.165, 1.54) is 11.1 Å². The van der Waals surface area contributed by atoms with E-state index in [2.05, 4.69) is 35.0 Å². The minimum atomic E-state index is 0.593. The van der Waals surface area contributed by atoms with Gasteiger partial charge in [0.15, 0.2) is 0 Å². The van der Waals surface area contributed by atoms with E-state index in [1.54, 1.807) is 0 Å². The van der Waals surface area contributed by atoms with Crippen molar-refractivity contribution >= 4 is 22.0 Å². The molecule has 2 heteroatoms. The van der Waals surface area contributed by atoms with Gasteiger partial charge in [-0.3, -0.25) is 0 Å². The molecular weight excluding hydrogens is 214 g/mol. The minimum absolute atomic E-state index is 0.593. The van der Waals surface area contributed by atoms with Gasteiger partial charge < -0.3 is 5.73 Å². The molecule has 0 amide bonds. The highest BCUT2D eigenvalue weighted by molar-refractivity contribution is 9.10. The van der Waals surface area contributed by atoms with Crippen LogP contribution in [0.25, 0.3) is 6.08 Å². The van der Waals surface area contributed by atoms with Crippen molar-refractivity contribution in [2.24, 2.45) is 5.73 Å². The summed E-state index contributed by atoms with van der Waals surface area (Å²) in [5.74, 6) is 0. The van der Waals surface area contributed by atoms with Crippen LogP contribution in [0, 0.1) is 6.92 Å². The molecule has 0 atom stereocenters. The number of aryl methyl sites for hydroxylation is 1. The monoisotopic (exact) mass is 225 g/mol. The molecule has 0 aliphatic rings. The predicted octanol–water partition coefficient (Wildman–Crippen LogP) is 2.73. The summed E-state index contributed by atoms with van der Waals surface area (Å²) in [4.78, 5) is 0. The summed E-state index contributed by atoms with van der Waals surface area (Å²) in [7, 11) is 0. The van der Waals surface area contributed by atoms with Gasteiger partial charge in [0.2, 0.25) is 0 Å². The van der Waals surface area contributed by atoms with E-state index in [1.807, 2.05) is 18.2 Å². The average Bonchev–Trinajstić information content (AvgIpc) is 2.03. The molecule has 0 heterocycles. The van der Waals surface area contributed by atoms with E-state index in [-0.39, 0.29) is 0 Å². The van der Waals surface area contributed by atoms with Gasteiger partial charge in [-0.2, -0.15) is 0 Å². The zero-order valence-electron chi connectivity index (χ0n) is 7.05. The highest BCUT2D eigenvalue weighted by atomic mass is 79.9. The number of hydrogen-bond acceptors (Lipinski definition) is 1. The Labute approximate surface area is 81.4 Å². The van der Waals surface area contributed by atoms with Crippen LogP contribution in [0.3, 0.4) is 0 Å². The van der Waals surface area contributed by atoms with E-state index in [0.29, 0.717) is 6.54 Å². The van der Waals surface area contributed by atoms with Crippen molar-refractivity contribution in [3.8, 4) is 0 Å². The fourth-order valence-corrected chi connectivity index (χ4v) is 1.50. The first-order chi connectivity index (χ1) is 5.74. The lowest BCUT2D eigenvalue weighted by atomic mass is 10.1. The molecule has 0 aromatic heterocycles. The fraction of sp³-hybridized carbons (Fsp3) is 0.200. The Kier molecular flexibility index (Phi) is 3.50. The summed E-state index contributed by atoms with van der Waals surface area (Å²) in [5, 5.41) is 0. The lowest BCUT2D eigenvalue weighted by molar-refractivity contribution is 1.26. The molecule has 64 valence electrons. The lowest BCUT2D eigenvalue weighted by Gasteiger charge is -1.99. The molecule has 1 rings (SSSR count). The van der Waals surface area contributed by atoms with Gasteiger partial charge in [-0.25, -0.2) is 0 Å². The average molecular weight is 226 g/mol. The largest absolute Gasteiger partial charge is 0.327 e. The predicted molar refractivity (Wildman–Crippen MR) is 57.0 cm³/mol. The Balaban J connectivity index is 2.94. The van der Waals surface area contributed by atoms with Crippen LogP contribution in [0.4, 0.5) is 0 Å². The van der Waals surface area contributed by atoms with Crippen molar-refractivity contribution in [2.75, 3.05) is 6.54 Å². The van der Waals surface area contributed by atoms with Crippen molar-refractivity contribution in [1.82, 2.24) is 0 Å². The molecule has 0 aliphatic heterocycles. The smallest absolute Gasteiger partial charge is 0.0178 e. The molecule has 1 nitrogen and oxygen atoms in total. The third-order valence-electron chi connectivity index (χ3n) is 1.67. The maximum atomic E-state index is 5.36. The van der Waals surface area contributed by atoms with Crippen molar-refractivity contribution in [3.63, 3.8) is 0 Å². The van der Waals surface area contributed by atoms with Crippen LogP contribution in [0.15, 0.2) is 28.7 Å². The first-order valence-electron chi connectivity index (χ1n) is 3.87. The minimum Gasteiger partial charge on any atom is -0.327 e. The summed E-state index contributed by atoms with van der Waals surface area (Å²) in [6, 6.07) is 6.20. The van der Waals surface area contributed by atoms with E-state index in [9.17, 15) is 0 Å². The topological polar surface area (TPSA) is 26.0 Å². The molecule has 0 bridgehead atoms. The first-order valence-corrected chi connectivity index (χ1v) is 4.66. The summed E-state index contributed by atoms with van der Waals surface area (Å²) >= 11 is 3.42. The van der Waals surface area contributed by atoms with Gasteiger partial charge in [0, 0.05) is 11.0 Å². The van der Waals surface area contributed by atoms with Gasteiger partial charge in [0.25, 0.3) is 0 Å². The van der Waals surface area contributed by atoms with Crippen LogP contribution < -0.4 is 5.73 Å². The number of halogens is 1.